The van der Waals surface area contributed by atoms with Crippen molar-refractivity contribution in [3.63, 3.8) is 0 Å². The number of para-hydroxylation sites is 2. The molecule has 4 rings (SSSR count). The Morgan fingerprint density at radius 1 is 1.03 bits per heavy atom. The Morgan fingerprint density at radius 3 is 2.72 bits per heavy atom. The summed E-state index contributed by atoms with van der Waals surface area (Å²) in [6.07, 6.45) is 3.12. The molecule has 4 aromatic rings. The second-order valence-electron chi connectivity index (χ2n) is 6.55. The van der Waals surface area contributed by atoms with Crippen LogP contribution < -0.4 is 4.74 Å². The van der Waals surface area contributed by atoms with Gasteiger partial charge in [0.25, 0.3) is 0 Å². The molecule has 0 saturated heterocycles. The number of aromatic amines is 1. The second-order valence-corrected chi connectivity index (χ2v) is 7.51. The number of hydrogen-bond donors (Lipinski definition) is 1. The van der Waals surface area contributed by atoms with Crippen LogP contribution in [0.3, 0.4) is 0 Å². The zero-order valence-electron chi connectivity index (χ0n) is 16.3. The maximum Gasteiger partial charge on any atom is 0.197 e. The fourth-order valence-corrected chi connectivity index (χ4v) is 3.78. The predicted molar refractivity (Wildman–Crippen MR) is 114 cm³/mol. The number of rotatable bonds is 8. The smallest absolute Gasteiger partial charge is 0.197 e. The SMILES string of the molecule is Cc1c(OC(C)OCc2ccccn2)ccnc1CSc1nc2ccccc2[nH]1. The topological polar surface area (TPSA) is 72.9 Å². The van der Waals surface area contributed by atoms with Crippen LogP contribution in [-0.4, -0.2) is 26.2 Å². The molecule has 0 aliphatic heterocycles. The molecule has 1 atom stereocenters. The number of H-pyrrole nitrogens is 1. The van der Waals surface area contributed by atoms with Crippen molar-refractivity contribution in [3.05, 3.63) is 77.9 Å². The number of imidazole rings is 1. The van der Waals surface area contributed by atoms with Crippen LogP contribution in [0.5, 0.6) is 5.75 Å². The van der Waals surface area contributed by atoms with Gasteiger partial charge in [-0.25, -0.2) is 4.98 Å². The van der Waals surface area contributed by atoms with Gasteiger partial charge in [0, 0.05) is 23.7 Å². The average Bonchev–Trinajstić information content (AvgIpc) is 3.17. The maximum atomic E-state index is 5.98. The lowest BCUT2D eigenvalue weighted by atomic mass is 10.2. The van der Waals surface area contributed by atoms with E-state index >= 15 is 0 Å². The first-order chi connectivity index (χ1) is 14.2. The van der Waals surface area contributed by atoms with Crippen molar-refractivity contribution < 1.29 is 9.47 Å². The zero-order valence-corrected chi connectivity index (χ0v) is 17.1. The maximum absolute atomic E-state index is 5.98. The minimum absolute atomic E-state index is 0.394. The van der Waals surface area contributed by atoms with E-state index in [4.69, 9.17) is 9.47 Å². The molecule has 3 heterocycles. The Balaban J connectivity index is 1.37. The number of nitrogens with one attached hydrogen (secondary N) is 1. The summed E-state index contributed by atoms with van der Waals surface area (Å²) in [6, 6.07) is 15.6. The fourth-order valence-electron chi connectivity index (χ4n) is 2.87. The number of hydrogen-bond acceptors (Lipinski definition) is 6. The van der Waals surface area contributed by atoms with E-state index in [9.17, 15) is 0 Å². The van der Waals surface area contributed by atoms with Gasteiger partial charge in [-0.1, -0.05) is 30.0 Å². The minimum atomic E-state index is -0.394. The summed E-state index contributed by atoms with van der Waals surface area (Å²) in [7, 11) is 0. The summed E-state index contributed by atoms with van der Waals surface area (Å²) in [5, 5.41) is 0.880. The van der Waals surface area contributed by atoms with Crippen molar-refractivity contribution in [1.82, 2.24) is 19.9 Å². The van der Waals surface area contributed by atoms with E-state index in [1.165, 1.54) is 0 Å². The first-order valence-corrected chi connectivity index (χ1v) is 10.4. The first-order valence-electron chi connectivity index (χ1n) is 9.39. The lowest BCUT2D eigenvalue weighted by molar-refractivity contribution is -0.0772. The monoisotopic (exact) mass is 406 g/mol. The highest BCUT2D eigenvalue weighted by atomic mass is 32.2. The van der Waals surface area contributed by atoms with Crippen LogP contribution in [0.15, 0.2) is 66.1 Å². The van der Waals surface area contributed by atoms with Gasteiger partial charge in [0.15, 0.2) is 11.4 Å². The number of benzene rings is 1. The van der Waals surface area contributed by atoms with Gasteiger partial charge >= 0.3 is 0 Å². The molecule has 0 aliphatic carbocycles. The summed E-state index contributed by atoms with van der Waals surface area (Å²) < 4.78 is 11.7. The third kappa shape index (κ3) is 4.93. The highest BCUT2D eigenvalue weighted by Crippen LogP contribution is 2.27. The molecule has 0 saturated carbocycles. The quantitative estimate of drug-likeness (QED) is 0.332. The average molecular weight is 407 g/mol. The highest BCUT2D eigenvalue weighted by molar-refractivity contribution is 7.98. The molecule has 148 valence electrons. The van der Waals surface area contributed by atoms with Gasteiger partial charge < -0.3 is 14.5 Å². The number of pyridine rings is 2. The first kappa shape index (κ1) is 19.4. The van der Waals surface area contributed by atoms with Crippen LogP contribution in [0.25, 0.3) is 11.0 Å². The highest BCUT2D eigenvalue weighted by Gasteiger charge is 2.12. The van der Waals surface area contributed by atoms with Crippen molar-refractivity contribution >= 4 is 22.8 Å². The van der Waals surface area contributed by atoms with E-state index in [-0.39, 0.29) is 0 Å². The largest absolute Gasteiger partial charge is 0.465 e. The molecule has 3 aromatic heterocycles. The Hall–Kier alpha value is -2.90. The Bertz CT molecular complexity index is 1050. The lowest BCUT2D eigenvalue weighted by Crippen LogP contribution is -2.17. The standard InChI is InChI=1S/C22H22N4O2S/c1-15-20(14-29-22-25-18-8-3-4-9-19(18)26-22)24-12-10-21(15)28-16(2)27-13-17-7-5-6-11-23-17/h3-12,16H,13-14H2,1-2H3,(H,25,26). The molecule has 0 amide bonds. The molecular formula is C22H22N4O2S. The molecule has 7 heteroatoms. The number of thioether (sulfide) groups is 1. The number of nitrogens with zero attached hydrogens (tertiary/aromatic N) is 3. The number of aromatic nitrogens is 4. The Labute approximate surface area is 173 Å². The molecule has 0 fully saturated rings. The Morgan fingerprint density at radius 2 is 1.90 bits per heavy atom. The molecule has 0 aliphatic rings. The molecule has 1 aromatic carbocycles. The van der Waals surface area contributed by atoms with Crippen LogP contribution in [0, 0.1) is 6.92 Å². The summed E-state index contributed by atoms with van der Waals surface area (Å²) >= 11 is 1.62. The molecule has 1 N–H and O–H groups in total. The zero-order chi connectivity index (χ0) is 20.1. The molecule has 29 heavy (non-hydrogen) atoms. The van der Waals surface area contributed by atoms with E-state index < -0.39 is 6.29 Å². The summed E-state index contributed by atoms with van der Waals surface area (Å²) in [4.78, 5) is 16.7. The van der Waals surface area contributed by atoms with Crippen molar-refractivity contribution in [2.45, 2.75) is 37.7 Å². The minimum Gasteiger partial charge on any atom is -0.465 e. The fraction of sp³-hybridized carbons (Fsp3) is 0.227. The molecule has 0 spiro atoms. The van der Waals surface area contributed by atoms with Crippen LogP contribution >= 0.6 is 11.8 Å². The van der Waals surface area contributed by atoms with Crippen LogP contribution in [0.1, 0.15) is 23.9 Å². The van der Waals surface area contributed by atoms with Crippen LogP contribution in [-0.2, 0) is 17.1 Å². The lowest BCUT2D eigenvalue weighted by Gasteiger charge is -2.17. The van der Waals surface area contributed by atoms with E-state index in [2.05, 4.69) is 19.9 Å². The second kappa shape index (κ2) is 9.07. The van der Waals surface area contributed by atoms with E-state index in [0.717, 1.165) is 38.9 Å². The molecule has 0 radical (unpaired) electrons. The van der Waals surface area contributed by atoms with Gasteiger partial charge in [0.1, 0.15) is 5.75 Å². The van der Waals surface area contributed by atoms with Gasteiger partial charge in [0.2, 0.25) is 0 Å². The molecule has 1 unspecified atom stereocenters. The molecule has 0 bridgehead atoms. The van der Waals surface area contributed by atoms with Crippen LogP contribution in [0.4, 0.5) is 0 Å². The number of fused-ring (bicyclic) bond motifs is 1. The molecule has 6 nitrogen and oxygen atoms in total. The normalized spacial score (nSPS) is 12.2. The predicted octanol–water partition coefficient (Wildman–Crippen LogP) is 4.90. The van der Waals surface area contributed by atoms with Crippen molar-refractivity contribution in [1.29, 1.82) is 0 Å². The van der Waals surface area contributed by atoms with E-state index in [0.29, 0.717) is 12.4 Å². The summed E-state index contributed by atoms with van der Waals surface area (Å²) in [5.74, 6) is 1.47. The molecular weight excluding hydrogens is 384 g/mol. The third-order valence-electron chi connectivity index (χ3n) is 4.46. The van der Waals surface area contributed by atoms with Gasteiger partial charge in [-0.15, -0.1) is 0 Å². The van der Waals surface area contributed by atoms with Gasteiger partial charge in [0.05, 0.1) is 29.0 Å². The summed E-state index contributed by atoms with van der Waals surface area (Å²) in [5.41, 5.74) is 4.85. The van der Waals surface area contributed by atoms with Crippen molar-refractivity contribution in [2.75, 3.05) is 0 Å². The van der Waals surface area contributed by atoms with Gasteiger partial charge in [-0.05, 0) is 44.2 Å². The van der Waals surface area contributed by atoms with E-state index in [1.54, 1.807) is 24.2 Å². The van der Waals surface area contributed by atoms with Crippen molar-refractivity contribution in [2.24, 2.45) is 0 Å². The van der Waals surface area contributed by atoms with Gasteiger partial charge in [-0.3, -0.25) is 9.97 Å². The van der Waals surface area contributed by atoms with Crippen molar-refractivity contribution in [3.8, 4) is 5.75 Å². The van der Waals surface area contributed by atoms with E-state index in [1.807, 2.05) is 62.4 Å². The summed E-state index contributed by atoms with van der Waals surface area (Å²) in [6.45, 7) is 4.30. The number of ether oxygens (including phenoxy) is 2. The van der Waals surface area contributed by atoms with Gasteiger partial charge in [-0.2, -0.15) is 0 Å². The Kier molecular flexibility index (Phi) is 6.07. The third-order valence-corrected chi connectivity index (χ3v) is 5.34. The van der Waals surface area contributed by atoms with Crippen LogP contribution in [0.2, 0.25) is 0 Å².